The van der Waals surface area contributed by atoms with Crippen LogP contribution in [0.1, 0.15) is 234 Å². The van der Waals surface area contributed by atoms with Gasteiger partial charge < -0.3 is 9.47 Å². The van der Waals surface area contributed by atoms with Gasteiger partial charge in [0.05, 0.1) is 24.3 Å². The van der Waals surface area contributed by atoms with Crippen molar-refractivity contribution in [1.29, 1.82) is 0 Å². The number of hydrogen-bond donors (Lipinski definition) is 0. The quantitative estimate of drug-likeness (QED) is 0.0533. The molecule has 0 radical (unpaired) electrons. The van der Waals surface area contributed by atoms with Gasteiger partial charge in [0.25, 0.3) is 0 Å². The smallest absolute Gasteiger partial charge is 0.338 e. The van der Waals surface area contributed by atoms with E-state index in [1.165, 1.54) is 167 Å². The molecule has 0 spiro atoms. The zero-order valence-electron chi connectivity index (χ0n) is 32.1. The molecule has 4 heteroatoms. The van der Waals surface area contributed by atoms with E-state index < -0.39 is 0 Å². The molecule has 1 rings (SSSR count). The van der Waals surface area contributed by atoms with Gasteiger partial charge in [0.2, 0.25) is 0 Å². The minimum atomic E-state index is -0.317. The van der Waals surface area contributed by atoms with Crippen molar-refractivity contribution < 1.29 is 19.1 Å². The van der Waals surface area contributed by atoms with E-state index in [0.717, 1.165) is 31.6 Å². The molecule has 1 aromatic rings. The maximum Gasteiger partial charge on any atom is 0.338 e. The van der Waals surface area contributed by atoms with E-state index >= 15 is 0 Å². The van der Waals surface area contributed by atoms with E-state index in [0.29, 0.717) is 24.3 Å². The van der Waals surface area contributed by atoms with Crippen LogP contribution >= 0.6 is 0 Å². The van der Waals surface area contributed by atoms with E-state index in [2.05, 4.69) is 20.8 Å². The molecule has 0 saturated carbocycles. The lowest BCUT2D eigenvalue weighted by atomic mass is 10.0. The first kappa shape index (κ1) is 44.2. The SMILES string of the molecule is CCCCCCCCCCCCCCCCCCOC(=O)c1ccc(C(=O)OCCCCCCCCCCCCCCCC(C)C)cc1. The van der Waals surface area contributed by atoms with Gasteiger partial charge >= 0.3 is 11.9 Å². The highest BCUT2D eigenvalue weighted by Gasteiger charge is 2.11. The number of carbonyl (C=O) groups excluding carboxylic acids is 2. The zero-order valence-corrected chi connectivity index (χ0v) is 32.1. The third-order valence-electron chi connectivity index (χ3n) is 9.75. The van der Waals surface area contributed by atoms with E-state index in [-0.39, 0.29) is 11.9 Å². The molecule has 0 atom stereocenters. The molecular formula is C44H78O4. The lowest BCUT2D eigenvalue weighted by Crippen LogP contribution is -2.09. The van der Waals surface area contributed by atoms with Gasteiger partial charge in [-0.25, -0.2) is 9.59 Å². The molecule has 0 aliphatic rings. The predicted molar refractivity (Wildman–Crippen MR) is 206 cm³/mol. The Bertz CT molecular complexity index is 846. The largest absolute Gasteiger partial charge is 0.462 e. The van der Waals surface area contributed by atoms with E-state index in [4.69, 9.17) is 9.47 Å². The molecular weight excluding hydrogens is 592 g/mol. The lowest BCUT2D eigenvalue weighted by molar-refractivity contribution is 0.0483. The summed E-state index contributed by atoms with van der Waals surface area (Å²) in [5, 5.41) is 0. The van der Waals surface area contributed by atoms with Gasteiger partial charge in [-0.05, 0) is 43.0 Å². The summed E-state index contributed by atoms with van der Waals surface area (Å²) in [6.45, 7) is 7.83. The number of unbranched alkanes of at least 4 members (excludes halogenated alkanes) is 27. The molecule has 0 aromatic heterocycles. The van der Waals surface area contributed by atoms with Crippen molar-refractivity contribution in [3.8, 4) is 0 Å². The lowest BCUT2D eigenvalue weighted by Gasteiger charge is -2.07. The van der Waals surface area contributed by atoms with Gasteiger partial charge in [-0.2, -0.15) is 0 Å². The predicted octanol–water partition coefficient (Wildman–Crippen LogP) is 14.4. The Morgan fingerprint density at radius 1 is 0.417 bits per heavy atom. The summed E-state index contributed by atoms with van der Waals surface area (Å²) in [7, 11) is 0. The van der Waals surface area contributed by atoms with E-state index in [1.807, 2.05) is 0 Å². The van der Waals surface area contributed by atoms with Crippen molar-refractivity contribution in [2.24, 2.45) is 5.92 Å². The van der Waals surface area contributed by atoms with Crippen molar-refractivity contribution in [3.63, 3.8) is 0 Å². The van der Waals surface area contributed by atoms with Crippen molar-refractivity contribution in [2.45, 2.75) is 213 Å². The molecule has 0 bridgehead atoms. The second kappa shape index (κ2) is 33.6. The van der Waals surface area contributed by atoms with Crippen molar-refractivity contribution >= 4 is 11.9 Å². The van der Waals surface area contributed by atoms with Crippen LogP contribution in [0.15, 0.2) is 24.3 Å². The molecule has 48 heavy (non-hydrogen) atoms. The Morgan fingerprint density at radius 3 is 0.938 bits per heavy atom. The highest BCUT2D eigenvalue weighted by molar-refractivity contribution is 5.93. The monoisotopic (exact) mass is 671 g/mol. The summed E-state index contributed by atoms with van der Waals surface area (Å²) < 4.78 is 10.9. The highest BCUT2D eigenvalue weighted by Crippen LogP contribution is 2.16. The van der Waals surface area contributed by atoms with Crippen LogP contribution < -0.4 is 0 Å². The summed E-state index contributed by atoms with van der Waals surface area (Å²) in [4.78, 5) is 24.8. The normalized spacial score (nSPS) is 11.3. The van der Waals surface area contributed by atoms with Gasteiger partial charge in [0.1, 0.15) is 0 Å². The molecule has 0 fully saturated rings. The molecule has 0 N–H and O–H groups in total. The summed E-state index contributed by atoms with van der Waals surface area (Å²) in [6.07, 6.45) is 39.6. The fraction of sp³-hybridized carbons (Fsp3) is 0.818. The van der Waals surface area contributed by atoms with Gasteiger partial charge in [-0.1, -0.05) is 201 Å². The summed E-state index contributed by atoms with van der Waals surface area (Å²) in [5.41, 5.74) is 0.972. The second-order valence-electron chi connectivity index (χ2n) is 14.9. The fourth-order valence-corrected chi connectivity index (χ4v) is 6.49. The Balaban J connectivity index is 1.91. The topological polar surface area (TPSA) is 52.6 Å². The van der Waals surface area contributed by atoms with Gasteiger partial charge in [-0.3, -0.25) is 0 Å². The molecule has 0 heterocycles. The van der Waals surface area contributed by atoms with Crippen LogP contribution in [0.4, 0.5) is 0 Å². The highest BCUT2D eigenvalue weighted by atomic mass is 16.5. The Morgan fingerprint density at radius 2 is 0.667 bits per heavy atom. The molecule has 0 amide bonds. The Labute approximate surface area is 298 Å². The van der Waals surface area contributed by atoms with Gasteiger partial charge in [-0.15, -0.1) is 0 Å². The van der Waals surface area contributed by atoms with Crippen molar-refractivity contribution in [2.75, 3.05) is 13.2 Å². The van der Waals surface area contributed by atoms with Crippen LogP contribution in [0.2, 0.25) is 0 Å². The maximum absolute atomic E-state index is 12.4. The van der Waals surface area contributed by atoms with Crippen LogP contribution in [0, 0.1) is 5.92 Å². The first-order valence-corrected chi connectivity index (χ1v) is 21.0. The molecule has 0 saturated heterocycles. The summed E-state index contributed by atoms with van der Waals surface area (Å²) in [5.74, 6) is 0.220. The van der Waals surface area contributed by atoms with Crippen molar-refractivity contribution in [1.82, 2.24) is 0 Å². The van der Waals surface area contributed by atoms with Crippen LogP contribution in [-0.2, 0) is 9.47 Å². The van der Waals surface area contributed by atoms with Gasteiger partial charge in [0.15, 0.2) is 0 Å². The van der Waals surface area contributed by atoms with Crippen LogP contribution in [-0.4, -0.2) is 25.2 Å². The molecule has 0 unspecified atom stereocenters. The van der Waals surface area contributed by atoms with Crippen LogP contribution in [0.3, 0.4) is 0 Å². The Kier molecular flexibility index (Phi) is 31.0. The average Bonchev–Trinajstić information content (AvgIpc) is 3.09. The third-order valence-corrected chi connectivity index (χ3v) is 9.75. The van der Waals surface area contributed by atoms with Crippen LogP contribution in [0.5, 0.6) is 0 Å². The summed E-state index contributed by atoms with van der Waals surface area (Å²) in [6, 6.07) is 6.67. The first-order chi connectivity index (χ1) is 23.5. The third kappa shape index (κ3) is 28.0. The minimum Gasteiger partial charge on any atom is -0.462 e. The molecule has 1 aromatic carbocycles. The van der Waals surface area contributed by atoms with E-state index in [1.54, 1.807) is 24.3 Å². The Hall–Kier alpha value is -1.84. The molecule has 4 nitrogen and oxygen atoms in total. The number of benzene rings is 1. The number of hydrogen-bond acceptors (Lipinski definition) is 4. The molecule has 0 aliphatic carbocycles. The van der Waals surface area contributed by atoms with Crippen LogP contribution in [0.25, 0.3) is 0 Å². The number of ether oxygens (including phenoxy) is 2. The standard InChI is InChI=1S/C44H78O4/c1-4-5-6-7-8-9-10-11-12-13-16-19-22-25-28-31-38-47-43(45)41-34-36-42(37-35-41)44(46)48-39-32-29-26-23-20-17-14-15-18-21-24-27-30-33-40(2)3/h34-37,40H,4-33,38-39H2,1-3H3. The average molecular weight is 671 g/mol. The summed E-state index contributed by atoms with van der Waals surface area (Å²) >= 11 is 0. The zero-order chi connectivity index (χ0) is 34.8. The second-order valence-corrected chi connectivity index (χ2v) is 14.9. The number of rotatable bonds is 35. The van der Waals surface area contributed by atoms with Gasteiger partial charge in [0, 0.05) is 0 Å². The number of carbonyl (C=O) groups is 2. The van der Waals surface area contributed by atoms with Crippen molar-refractivity contribution in [3.05, 3.63) is 35.4 Å². The maximum atomic E-state index is 12.4. The number of esters is 2. The minimum absolute atomic E-state index is 0.316. The molecule has 0 aliphatic heterocycles. The fourth-order valence-electron chi connectivity index (χ4n) is 6.49. The first-order valence-electron chi connectivity index (χ1n) is 21.0. The molecule has 278 valence electrons. The van der Waals surface area contributed by atoms with E-state index in [9.17, 15) is 9.59 Å².